The minimum absolute atomic E-state index is 0.129. The van der Waals surface area contributed by atoms with Gasteiger partial charge in [-0.15, -0.1) is 17.8 Å². The van der Waals surface area contributed by atoms with Crippen LogP contribution in [0, 0.1) is 19.3 Å². The second-order valence-electron chi connectivity index (χ2n) is 4.82. The third kappa shape index (κ3) is 4.30. The fourth-order valence-corrected chi connectivity index (χ4v) is 2.82. The van der Waals surface area contributed by atoms with Crippen molar-refractivity contribution in [2.45, 2.75) is 13.5 Å². The summed E-state index contributed by atoms with van der Waals surface area (Å²) in [6.07, 6.45) is 5.14. The molecule has 0 atom stereocenters. The van der Waals surface area contributed by atoms with E-state index < -0.39 is 0 Å². The molecule has 1 aromatic heterocycles. The molecule has 20 heavy (non-hydrogen) atoms. The van der Waals surface area contributed by atoms with Crippen LogP contribution in [-0.2, 0) is 11.3 Å². The lowest BCUT2D eigenvalue weighted by Crippen LogP contribution is -2.50. The van der Waals surface area contributed by atoms with Gasteiger partial charge in [0.2, 0.25) is 5.91 Å². The Bertz CT molecular complexity index is 486. The maximum Gasteiger partial charge on any atom is 0.236 e. The molecule has 0 aliphatic carbocycles. The number of amides is 1. The molecule has 0 saturated carbocycles. The molecule has 5 nitrogen and oxygen atoms in total. The molecule has 2 heterocycles. The summed E-state index contributed by atoms with van der Waals surface area (Å²) in [6.45, 7) is 7.02. The Morgan fingerprint density at radius 2 is 2.25 bits per heavy atom. The minimum Gasteiger partial charge on any atom is -0.339 e. The number of aromatic nitrogens is 1. The number of thiazole rings is 1. The predicted molar refractivity (Wildman–Crippen MR) is 80.4 cm³/mol. The molecule has 0 aromatic carbocycles. The van der Waals surface area contributed by atoms with Crippen molar-refractivity contribution in [1.82, 2.24) is 20.1 Å². The lowest BCUT2D eigenvalue weighted by Gasteiger charge is -2.34. The summed E-state index contributed by atoms with van der Waals surface area (Å²) in [5.74, 6) is 2.60. The number of piperazine rings is 1. The predicted octanol–water partition coefficient (Wildman–Crippen LogP) is 0.319. The summed E-state index contributed by atoms with van der Waals surface area (Å²) >= 11 is 1.68. The van der Waals surface area contributed by atoms with Crippen molar-refractivity contribution in [2.75, 3.05) is 39.3 Å². The Labute approximate surface area is 124 Å². The summed E-state index contributed by atoms with van der Waals surface area (Å²) in [5, 5.41) is 6.15. The van der Waals surface area contributed by atoms with Crippen molar-refractivity contribution in [3.63, 3.8) is 0 Å². The van der Waals surface area contributed by atoms with Crippen LogP contribution in [0.3, 0.4) is 0 Å². The zero-order valence-electron chi connectivity index (χ0n) is 11.8. The highest BCUT2D eigenvalue weighted by Gasteiger charge is 2.21. The zero-order chi connectivity index (χ0) is 14.4. The number of rotatable bonds is 5. The number of nitrogens with one attached hydrogen (secondary N) is 1. The quantitative estimate of drug-likeness (QED) is 0.627. The van der Waals surface area contributed by atoms with E-state index in [1.165, 1.54) is 0 Å². The van der Waals surface area contributed by atoms with Gasteiger partial charge in [-0.3, -0.25) is 15.0 Å². The molecule has 1 aliphatic heterocycles. The Morgan fingerprint density at radius 3 is 2.85 bits per heavy atom. The van der Waals surface area contributed by atoms with Crippen LogP contribution < -0.4 is 5.32 Å². The van der Waals surface area contributed by atoms with E-state index in [4.69, 9.17) is 6.42 Å². The lowest BCUT2D eigenvalue weighted by atomic mass is 10.3. The molecule has 1 amide bonds. The van der Waals surface area contributed by atoms with Gasteiger partial charge in [-0.2, -0.15) is 0 Å². The molecule has 0 unspecified atom stereocenters. The number of carbonyl (C=O) groups excluding carboxylic acids is 1. The normalized spacial score (nSPS) is 16.1. The Balaban J connectivity index is 1.72. The van der Waals surface area contributed by atoms with Gasteiger partial charge in [0.15, 0.2) is 0 Å². The summed E-state index contributed by atoms with van der Waals surface area (Å²) < 4.78 is 0. The van der Waals surface area contributed by atoms with Gasteiger partial charge in [-0.05, 0) is 6.92 Å². The number of hydrogen-bond acceptors (Lipinski definition) is 5. The van der Waals surface area contributed by atoms with Crippen LogP contribution in [0.25, 0.3) is 0 Å². The highest BCUT2D eigenvalue weighted by atomic mass is 32.1. The number of terminal acetylenes is 1. The van der Waals surface area contributed by atoms with E-state index in [2.05, 4.69) is 26.5 Å². The largest absolute Gasteiger partial charge is 0.339 e. The maximum atomic E-state index is 11.9. The van der Waals surface area contributed by atoms with Gasteiger partial charge in [-0.25, -0.2) is 4.98 Å². The van der Waals surface area contributed by atoms with Gasteiger partial charge in [0, 0.05) is 38.1 Å². The number of hydrogen-bond donors (Lipinski definition) is 1. The van der Waals surface area contributed by atoms with E-state index in [1.807, 2.05) is 11.8 Å². The third-order valence-electron chi connectivity index (χ3n) is 3.28. The van der Waals surface area contributed by atoms with E-state index >= 15 is 0 Å². The van der Waals surface area contributed by atoms with E-state index in [-0.39, 0.29) is 5.91 Å². The number of aryl methyl sites for hydroxylation is 1. The van der Waals surface area contributed by atoms with Crippen LogP contribution in [0.1, 0.15) is 10.7 Å². The first kappa shape index (κ1) is 15.0. The molecule has 1 saturated heterocycles. The molecular formula is C14H20N4OS. The van der Waals surface area contributed by atoms with Crippen molar-refractivity contribution >= 4 is 17.2 Å². The van der Waals surface area contributed by atoms with Crippen LogP contribution in [-0.4, -0.2) is 60.0 Å². The molecule has 1 aromatic rings. The Kier molecular flexibility index (Phi) is 5.53. The van der Waals surface area contributed by atoms with Crippen LogP contribution in [0.2, 0.25) is 0 Å². The van der Waals surface area contributed by atoms with Crippen LogP contribution in [0.4, 0.5) is 0 Å². The first-order chi connectivity index (χ1) is 9.69. The molecule has 6 heteroatoms. The van der Waals surface area contributed by atoms with E-state index in [1.54, 1.807) is 11.3 Å². The highest BCUT2D eigenvalue weighted by Crippen LogP contribution is 2.12. The van der Waals surface area contributed by atoms with E-state index in [9.17, 15) is 4.79 Å². The standard InChI is InChI=1S/C14H20N4OS/c1-3-4-15-9-14(19)18-7-5-17(6-8-18)10-13-11-20-12(2)16-13/h1,11,15H,4-10H2,2H3. The van der Waals surface area contributed by atoms with Crippen molar-refractivity contribution in [3.05, 3.63) is 16.1 Å². The second-order valence-corrected chi connectivity index (χ2v) is 5.88. The summed E-state index contributed by atoms with van der Waals surface area (Å²) in [5.41, 5.74) is 1.13. The van der Waals surface area contributed by atoms with Crippen molar-refractivity contribution in [2.24, 2.45) is 0 Å². The average Bonchev–Trinajstić information content (AvgIpc) is 2.85. The van der Waals surface area contributed by atoms with Crippen LogP contribution in [0.15, 0.2) is 5.38 Å². The number of nitrogens with zero attached hydrogens (tertiary/aromatic N) is 3. The van der Waals surface area contributed by atoms with Crippen LogP contribution >= 0.6 is 11.3 Å². The van der Waals surface area contributed by atoms with Crippen molar-refractivity contribution in [3.8, 4) is 12.3 Å². The van der Waals surface area contributed by atoms with Gasteiger partial charge < -0.3 is 4.90 Å². The molecule has 1 fully saturated rings. The lowest BCUT2D eigenvalue weighted by molar-refractivity contribution is -0.132. The molecule has 0 bridgehead atoms. The van der Waals surface area contributed by atoms with Gasteiger partial charge in [-0.1, -0.05) is 5.92 Å². The monoisotopic (exact) mass is 292 g/mol. The average molecular weight is 292 g/mol. The molecular weight excluding hydrogens is 272 g/mol. The van der Waals surface area contributed by atoms with Gasteiger partial charge in [0.1, 0.15) is 0 Å². The first-order valence-corrected chi connectivity index (χ1v) is 7.62. The molecule has 1 aliphatic rings. The van der Waals surface area contributed by atoms with E-state index in [0.29, 0.717) is 13.1 Å². The molecule has 0 radical (unpaired) electrons. The summed E-state index contributed by atoms with van der Waals surface area (Å²) in [6, 6.07) is 0. The molecule has 1 N–H and O–H groups in total. The van der Waals surface area contributed by atoms with E-state index in [0.717, 1.165) is 43.4 Å². The van der Waals surface area contributed by atoms with Gasteiger partial charge in [0.05, 0.1) is 23.8 Å². The minimum atomic E-state index is 0.129. The zero-order valence-corrected chi connectivity index (χ0v) is 12.6. The number of carbonyl (C=O) groups is 1. The second kappa shape index (κ2) is 7.39. The fourth-order valence-electron chi connectivity index (χ4n) is 2.22. The first-order valence-electron chi connectivity index (χ1n) is 6.74. The Hall–Kier alpha value is -1.42. The third-order valence-corrected chi connectivity index (χ3v) is 4.10. The fraction of sp³-hybridized carbons (Fsp3) is 0.571. The molecule has 2 rings (SSSR count). The van der Waals surface area contributed by atoms with Crippen LogP contribution in [0.5, 0.6) is 0 Å². The van der Waals surface area contributed by atoms with Gasteiger partial charge >= 0.3 is 0 Å². The molecule has 108 valence electrons. The highest BCUT2D eigenvalue weighted by molar-refractivity contribution is 7.09. The molecule has 0 spiro atoms. The summed E-state index contributed by atoms with van der Waals surface area (Å²) in [4.78, 5) is 20.6. The SMILES string of the molecule is C#CCNCC(=O)N1CCN(Cc2csc(C)n2)CC1. The summed E-state index contributed by atoms with van der Waals surface area (Å²) in [7, 11) is 0. The Morgan fingerprint density at radius 1 is 1.50 bits per heavy atom. The topological polar surface area (TPSA) is 48.5 Å². The van der Waals surface area contributed by atoms with Crippen molar-refractivity contribution in [1.29, 1.82) is 0 Å². The van der Waals surface area contributed by atoms with Gasteiger partial charge in [0.25, 0.3) is 0 Å². The smallest absolute Gasteiger partial charge is 0.236 e. The maximum absolute atomic E-state index is 11.9. The van der Waals surface area contributed by atoms with Crippen molar-refractivity contribution < 1.29 is 4.79 Å².